The zero-order chi connectivity index (χ0) is 45.5. The number of hydrogen-bond donors (Lipinski definition) is 8. The number of nitrogens with one attached hydrogen (secondary N) is 1. The molecule has 1 heterocycles. The molecule has 8 N–H and O–H groups in total. The number of aliphatic hydroxyl groups excluding tert-OH is 7. The minimum atomic E-state index is -1.66. The van der Waals surface area contributed by atoms with Gasteiger partial charge in [-0.15, -0.1) is 0 Å². The first-order valence-corrected chi connectivity index (χ1v) is 26.1. The summed E-state index contributed by atoms with van der Waals surface area (Å²) >= 11 is 0. The van der Waals surface area contributed by atoms with E-state index in [9.17, 15) is 40.5 Å². The molecule has 62 heavy (non-hydrogen) atoms. The van der Waals surface area contributed by atoms with Crippen LogP contribution in [-0.2, 0) is 14.3 Å². The quantitative estimate of drug-likeness (QED) is 0.0216. The standard InChI is InChI=1S/C51H99NO10/c1-3-5-7-9-11-13-15-16-17-18-19-20-21-22-23-24-25-26-27-29-30-32-34-36-38-43(54)46(56)42(41-61-51-49(59)48(58)47(57)45(40-53)62-51)52-50(60)44(55)39-37-35-33-31-28-14-12-10-8-6-4-2/h12,14,42-49,51,53-59H,3-11,13,15-41H2,1-2H3,(H,52,60)/b14-12-. The van der Waals surface area contributed by atoms with Gasteiger partial charge in [-0.05, 0) is 38.5 Å². The Morgan fingerprint density at radius 3 is 1.39 bits per heavy atom. The minimum absolute atomic E-state index is 0.247. The van der Waals surface area contributed by atoms with Crippen LogP contribution in [0.25, 0.3) is 0 Å². The number of aliphatic hydroxyl groups is 7. The Morgan fingerprint density at radius 2 is 0.935 bits per heavy atom. The van der Waals surface area contributed by atoms with E-state index in [-0.39, 0.29) is 6.42 Å². The Morgan fingerprint density at radius 1 is 0.548 bits per heavy atom. The highest BCUT2D eigenvalue weighted by atomic mass is 16.7. The van der Waals surface area contributed by atoms with Crippen LogP contribution in [0.1, 0.15) is 239 Å². The van der Waals surface area contributed by atoms with E-state index >= 15 is 0 Å². The molecule has 0 spiro atoms. The Bertz CT molecular complexity index is 1020. The van der Waals surface area contributed by atoms with Gasteiger partial charge in [0, 0.05) is 0 Å². The van der Waals surface area contributed by atoms with Gasteiger partial charge in [-0.2, -0.15) is 0 Å². The maximum absolute atomic E-state index is 13.1. The Balaban J connectivity index is 2.31. The van der Waals surface area contributed by atoms with Crippen molar-refractivity contribution in [2.45, 2.75) is 294 Å². The van der Waals surface area contributed by atoms with Crippen LogP contribution in [0.5, 0.6) is 0 Å². The predicted molar refractivity (Wildman–Crippen MR) is 252 cm³/mol. The van der Waals surface area contributed by atoms with Gasteiger partial charge < -0.3 is 50.5 Å². The monoisotopic (exact) mass is 886 g/mol. The second-order valence-corrected chi connectivity index (χ2v) is 18.6. The van der Waals surface area contributed by atoms with Gasteiger partial charge in [0.25, 0.3) is 0 Å². The van der Waals surface area contributed by atoms with Gasteiger partial charge in [0.15, 0.2) is 6.29 Å². The van der Waals surface area contributed by atoms with E-state index in [1.165, 1.54) is 148 Å². The number of carbonyl (C=O) groups excluding carboxylic acids is 1. The molecule has 9 atom stereocenters. The number of amides is 1. The highest BCUT2D eigenvalue weighted by Gasteiger charge is 2.44. The molecule has 0 aromatic heterocycles. The molecule has 0 aromatic rings. The summed E-state index contributed by atoms with van der Waals surface area (Å²) < 4.78 is 11.1. The van der Waals surface area contributed by atoms with Gasteiger partial charge in [0.1, 0.15) is 36.6 Å². The van der Waals surface area contributed by atoms with Gasteiger partial charge in [0.2, 0.25) is 5.91 Å². The maximum atomic E-state index is 13.1. The first-order chi connectivity index (χ1) is 30.2. The van der Waals surface area contributed by atoms with Crippen molar-refractivity contribution in [3.63, 3.8) is 0 Å². The van der Waals surface area contributed by atoms with E-state index in [0.717, 1.165) is 51.4 Å². The summed E-state index contributed by atoms with van der Waals surface area (Å²) in [6.07, 6.45) is 34.2. The molecule has 1 rings (SSSR count). The summed E-state index contributed by atoms with van der Waals surface area (Å²) in [7, 11) is 0. The lowest BCUT2D eigenvalue weighted by molar-refractivity contribution is -0.303. The fourth-order valence-electron chi connectivity index (χ4n) is 8.50. The lowest BCUT2D eigenvalue weighted by Crippen LogP contribution is -2.60. The number of allylic oxidation sites excluding steroid dienone is 2. The van der Waals surface area contributed by atoms with E-state index in [1.807, 2.05) is 0 Å². The van der Waals surface area contributed by atoms with Crippen molar-refractivity contribution in [3.8, 4) is 0 Å². The Hall–Kier alpha value is -1.15. The molecule has 0 radical (unpaired) electrons. The smallest absolute Gasteiger partial charge is 0.249 e. The second kappa shape index (κ2) is 41.3. The van der Waals surface area contributed by atoms with Crippen LogP contribution in [0.4, 0.5) is 0 Å². The summed E-state index contributed by atoms with van der Waals surface area (Å²) in [6.45, 7) is 3.42. The van der Waals surface area contributed by atoms with Gasteiger partial charge in [-0.25, -0.2) is 0 Å². The Labute approximate surface area is 379 Å². The summed E-state index contributed by atoms with van der Waals surface area (Å²) in [6, 6.07) is -1.17. The number of carbonyl (C=O) groups is 1. The first-order valence-electron chi connectivity index (χ1n) is 26.1. The highest BCUT2D eigenvalue weighted by molar-refractivity contribution is 5.80. The van der Waals surface area contributed by atoms with Crippen LogP contribution in [0.2, 0.25) is 0 Å². The third-order valence-corrected chi connectivity index (χ3v) is 12.8. The van der Waals surface area contributed by atoms with Crippen molar-refractivity contribution in [2.24, 2.45) is 0 Å². The van der Waals surface area contributed by atoms with Gasteiger partial charge in [0.05, 0.1) is 25.4 Å². The third kappa shape index (κ3) is 30.1. The summed E-state index contributed by atoms with van der Waals surface area (Å²) in [5.74, 6) is -0.705. The van der Waals surface area contributed by atoms with E-state index in [2.05, 4.69) is 31.3 Å². The minimum Gasteiger partial charge on any atom is -0.394 e. The zero-order valence-corrected chi connectivity index (χ0v) is 39.9. The van der Waals surface area contributed by atoms with Crippen molar-refractivity contribution in [2.75, 3.05) is 13.2 Å². The molecule has 0 bridgehead atoms. The maximum Gasteiger partial charge on any atom is 0.249 e. The van der Waals surface area contributed by atoms with Gasteiger partial charge in [-0.1, -0.05) is 212 Å². The fourth-order valence-corrected chi connectivity index (χ4v) is 8.50. The molecule has 1 amide bonds. The SMILES string of the molecule is CCCCC/C=C\CCCCCCC(O)C(=O)NC(COC1OC(CO)C(O)C(O)C1O)C(O)C(O)CCCCCCCCCCCCCCCCCCCCCCCCCC. The summed E-state index contributed by atoms with van der Waals surface area (Å²) in [4.78, 5) is 13.1. The molecule has 0 saturated carbocycles. The van der Waals surface area contributed by atoms with E-state index in [4.69, 9.17) is 9.47 Å². The molecule has 11 nitrogen and oxygen atoms in total. The number of ether oxygens (including phenoxy) is 2. The topological polar surface area (TPSA) is 189 Å². The molecule has 368 valence electrons. The van der Waals surface area contributed by atoms with Crippen molar-refractivity contribution in [1.29, 1.82) is 0 Å². The summed E-state index contributed by atoms with van der Waals surface area (Å²) in [5.41, 5.74) is 0. The molecule has 1 fully saturated rings. The highest BCUT2D eigenvalue weighted by Crippen LogP contribution is 2.23. The normalized spacial score (nSPS) is 21.3. The molecule has 1 aliphatic rings. The van der Waals surface area contributed by atoms with Crippen molar-refractivity contribution in [1.82, 2.24) is 5.32 Å². The van der Waals surface area contributed by atoms with Crippen LogP contribution < -0.4 is 5.32 Å². The fraction of sp³-hybridized carbons (Fsp3) is 0.941. The van der Waals surface area contributed by atoms with Crippen molar-refractivity contribution >= 4 is 5.91 Å². The molecule has 1 saturated heterocycles. The molecule has 0 aromatic carbocycles. The van der Waals surface area contributed by atoms with Crippen LogP contribution in [-0.4, -0.2) is 110 Å². The van der Waals surface area contributed by atoms with Crippen LogP contribution in [0, 0.1) is 0 Å². The lowest BCUT2D eigenvalue weighted by atomic mass is 9.98. The van der Waals surface area contributed by atoms with Crippen LogP contribution in [0.3, 0.4) is 0 Å². The second-order valence-electron chi connectivity index (χ2n) is 18.6. The molecular formula is C51H99NO10. The Kier molecular flexibility index (Phi) is 39.2. The first kappa shape index (κ1) is 58.9. The molecule has 1 aliphatic heterocycles. The van der Waals surface area contributed by atoms with Crippen molar-refractivity contribution < 1.29 is 50.0 Å². The van der Waals surface area contributed by atoms with E-state index < -0.39 is 74.2 Å². The van der Waals surface area contributed by atoms with E-state index in [1.54, 1.807) is 0 Å². The van der Waals surface area contributed by atoms with Crippen LogP contribution in [0.15, 0.2) is 12.2 Å². The molecular weight excluding hydrogens is 787 g/mol. The van der Waals surface area contributed by atoms with Crippen molar-refractivity contribution in [3.05, 3.63) is 12.2 Å². The van der Waals surface area contributed by atoms with E-state index in [0.29, 0.717) is 19.3 Å². The molecule has 9 unspecified atom stereocenters. The number of unbranched alkanes of at least 4 members (excludes halogenated alkanes) is 30. The molecule has 0 aliphatic carbocycles. The lowest BCUT2D eigenvalue weighted by Gasteiger charge is -2.40. The zero-order valence-electron chi connectivity index (χ0n) is 39.9. The number of rotatable bonds is 44. The van der Waals surface area contributed by atoms with Crippen LogP contribution >= 0.6 is 0 Å². The largest absolute Gasteiger partial charge is 0.394 e. The predicted octanol–water partition coefficient (Wildman–Crippen LogP) is 9.62. The number of hydrogen-bond acceptors (Lipinski definition) is 10. The summed E-state index contributed by atoms with van der Waals surface area (Å²) in [5, 5.41) is 75.8. The average molecular weight is 886 g/mol. The molecule has 11 heteroatoms. The van der Waals surface area contributed by atoms with Gasteiger partial charge in [-0.3, -0.25) is 4.79 Å². The third-order valence-electron chi connectivity index (χ3n) is 12.8. The van der Waals surface area contributed by atoms with Gasteiger partial charge >= 0.3 is 0 Å². The average Bonchev–Trinajstić information content (AvgIpc) is 3.27.